The summed E-state index contributed by atoms with van der Waals surface area (Å²) in [6, 6.07) is 0.877. The molecule has 0 saturated carbocycles. The molecule has 1 N–H and O–H groups in total. The van der Waals surface area contributed by atoms with Crippen molar-refractivity contribution in [1.82, 2.24) is 9.80 Å². The first-order chi connectivity index (χ1) is 6.86. The lowest BCUT2D eigenvalue weighted by Gasteiger charge is -2.48. The second kappa shape index (κ2) is 4.81. The van der Waals surface area contributed by atoms with Gasteiger partial charge in [0.05, 0.1) is 6.61 Å². The Kier molecular flexibility index (Phi) is 4.15. The fraction of sp³-hybridized carbons (Fsp3) is 1.00. The predicted molar refractivity (Wildman–Crippen MR) is 64.0 cm³/mol. The number of nitrogens with zero attached hydrogens (tertiary/aromatic N) is 2. The van der Waals surface area contributed by atoms with Crippen LogP contribution in [0.15, 0.2) is 0 Å². The maximum Gasteiger partial charge on any atom is 0.0599 e. The van der Waals surface area contributed by atoms with Gasteiger partial charge in [-0.15, -0.1) is 0 Å². The summed E-state index contributed by atoms with van der Waals surface area (Å²) >= 11 is 0. The maximum atomic E-state index is 9.46. The van der Waals surface area contributed by atoms with Crippen molar-refractivity contribution in [2.24, 2.45) is 0 Å². The fourth-order valence-corrected chi connectivity index (χ4v) is 2.39. The molecule has 1 saturated heterocycles. The van der Waals surface area contributed by atoms with Gasteiger partial charge >= 0.3 is 0 Å². The largest absolute Gasteiger partial charge is 0.395 e. The van der Waals surface area contributed by atoms with Crippen molar-refractivity contribution in [3.63, 3.8) is 0 Å². The van der Waals surface area contributed by atoms with E-state index >= 15 is 0 Å². The SMILES string of the molecule is CC(C)N1CCN(C(C)(C)C)[C@@H](CO)C1. The van der Waals surface area contributed by atoms with Crippen LogP contribution in [0.3, 0.4) is 0 Å². The molecule has 0 aromatic carbocycles. The van der Waals surface area contributed by atoms with Crippen LogP contribution in [0.25, 0.3) is 0 Å². The van der Waals surface area contributed by atoms with Gasteiger partial charge in [-0.3, -0.25) is 9.80 Å². The Morgan fingerprint density at radius 2 is 1.87 bits per heavy atom. The molecule has 1 fully saturated rings. The zero-order valence-corrected chi connectivity index (χ0v) is 10.8. The Morgan fingerprint density at radius 3 is 2.27 bits per heavy atom. The molecule has 0 radical (unpaired) electrons. The summed E-state index contributed by atoms with van der Waals surface area (Å²) in [5, 5.41) is 9.46. The van der Waals surface area contributed by atoms with Crippen molar-refractivity contribution in [1.29, 1.82) is 0 Å². The van der Waals surface area contributed by atoms with Crippen LogP contribution in [0.1, 0.15) is 34.6 Å². The second-order valence-electron chi connectivity index (χ2n) is 5.79. The molecule has 1 aliphatic rings. The lowest BCUT2D eigenvalue weighted by atomic mass is 10.00. The summed E-state index contributed by atoms with van der Waals surface area (Å²) < 4.78 is 0. The summed E-state index contributed by atoms with van der Waals surface area (Å²) in [4.78, 5) is 4.87. The van der Waals surface area contributed by atoms with Gasteiger partial charge in [-0.2, -0.15) is 0 Å². The normalized spacial score (nSPS) is 26.2. The Morgan fingerprint density at radius 1 is 1.27 bits per heavy atom. The highest BCUT2D eigenvalue weighted by atomic mass is 16.3. The smallest absolute Gasteiger partial charge is 0.0599 e. The molecule has 0 aromatic heterocycles. The molecule has 1 aliphatic heterocycles. The average Bonchev–Trinajstić information content (AvgIpc) is 2.15. The number of piperazine rings is 1. The second-order valence-corrected chi connectivity index (χ2v) is 5.79. The van der Waals surface area contributed by atoms with E-state index in [-0.39, 0.29) is 12.1 Å². The minimum absolute atomic E-state index is 0.163. The summed E-state index contributed by atoms with van der Waals surface area (Å²) in [5.74, 6) is 0. The van der Waals surface area contributed by atoms with Crippen LogP contribution >= 0.6 is 0 Å². The van der Waals surface area contributed by atoms with Crippen LogP contribution in [-0.2, 0) is 0 Å². The summed E-state index contributed by atoms with van der Waals surface area (Å²) in [6.07, 6.45) is 0. The van der Waals surface area contributed by atoms with E-state index in [1.54, 1.807) is 0 Å². The van der Waals surface area contributed by atoms with Crippen LogP contribution in [0.5, 0.6) is 0 Å². The summed E-state index contributed by atoms with van der Waals surface area (Å²) in [6.45, 7) is 14.6. The number of hydrogen-bond acceptors (Lipinski definition) is 3. The van der Waals surface area contributed by atoms with Crippen molar-refractivity contribution in [3.05, 3.63) is 0 Å². The average molecular weight is 214 g/mol. The first-order valence-electron chi connectivity index (χ1n) is 5.98. The highest BCUT2D eigenvalue weighted by Gasteiger charge is 2.33. The molecular weight excluding hydrogens is 188 g/mol. The third-order valence-electron chi connectivity index (χ3n) is 3.32. The molecule has 90 valence electrons. The zero-order valence-electron chi connectivity index (χ0n) is 10.8. The van der Waals surface area contributed by atoms with E-state index in [2.05, 4.69) is 44.4 Å². The lowest BCUT2D eigenvalue weighted by Crippen LogP contribution is -2.61. The molecule has 15 heavy (non-hydrogen) atoms. The van der Waals surface area contributed by atoms with E-state index in [9.17, 15) is 5.11 Å². The van der Waals surface area contributed by atoms with Crippen molar-refractivity contribution in [2.75, 3.05) is 26.2 Å². The quantitative estimate of drug-likeness (QED) is 0.747. The van der Waals surface area contributed by atoms with Crippen LogP contribution < -0.4 is 0 Å². The Labute approximate surface area is 94.1 Å². The molecule has 3 nitrogen and oxygen atoms in total. The van der Waals surface area contributed by atoms with Gasteiger partial charge in [-0.25, -0.2) is 0 Å². The van der Waals surface area contributed by atoms with Gasteiger partial charge < -0.3 is 5.11 Å². The molecule has 0 unspecified atom stereocenters. The van der Waals surface area contributed by atoms with Crippen LogP contribution in [0.2, 0.25) is 0 Å². The van der Waals surface area contributed by atoms with Gasteiger partial charge in [-0.05, 0) is 34.6 Å². The maximum absolute atomic E-state index is 9.46. The molecule has 0 spiro atoms. The topological polar surface area (TPSA) is 26.7 Å². The van der Waals surface area contributed by atoms with E-state index in [1.807, 2.05) is 0 Å². The molecular formula is C12H26N2O. The predicted octanol–water partition coefficient (Wildman–Crippen LogP) is 1.17. The first kappa shape index (κ1) is 12.9. The molecule has 3 heteroatoms. The van der Waals surface area contributed by atoms with Gasteiger partial charge in [0, 0.05) is 37.3 Å². The van der Waals surface area contributed by atoms with Crippen LogP contribution in [0, 0.1) is 0 Å². The van der Waals surface area contributed by atoms with Gasteiger partial charge in [-0.1, -0.05) is 0 Å². The molecule has 1 heterocycles. The van der Waals surface area contributed by atoms with Crippen molar-refractivity contribution in [2.45, 2.75) is 52.2 Å². The molecule has 1 atom stereocenters. The molecule has 0 aliphatic carbocycles. The number of aliphatic hydroxyl groups excluding tert-OH is 1. The van der Waals surface area contributed by atoms with Crippen molar-refractivity contribution in [3.8, 4) is 0 Å². The van der Waals surface area contributed by atoms with E-state index in [0.29, 0.717) is 12.1 Å². The van der Waals surface area contributed by atoms with E-state index in [4.69, 9.17) is 0 Å². The Hall–Kier alpha value is -0.120. The Bertz CT molecular complexity index is 198. The third kappa shape index (κ3) is 3.16. The third-order valence-corrected chi connectivity index (χ3v) is 3.32. The van der Waals surface area contributed by atoms with Crippen molar-refractivity contribution < 1.29 is 5.11 Å². The number of aliphatic hydroxyl groups is 1. The lowest BCUT2D eigenvalue weighted by molar-refractivity contribution is -0.0225. The van der Waals surface area contributed by atoms with Gasteiger partial charge in [0.1, 0.15) is 0 Å². The fourth-order valence-electron chi connectivity index (χ4n) is 2.39. The van der Waals surface area contributed by atoms with Gasteiger partial charge in [0.2, 0.25) is 0 Å². The monoisotopic (exact) mass is 214 g/mol. The summed E-state index contributed by atoms with van der Waals surface area (Å²) in [7, 11) is 0. The van der Waals surface area contributed by atoms with Crippen LogP contribution in [-0.4, -0.2) is 58.8 Å². The van der Waals surface area contributed by atoms with E-state index in [0.717, 1.165) is 19.6 Å². The number of rotatable bonds is 2. The summed E-state index contributed by atoms with van der Waals surface area (Å²) in [5.41, 5.74) is 0.163. The molecule has 0 aromatic rings. The highest BCUT2D eigenvalue weighted by molar-refractivity contribution is 4.89. The molecule has 0 bridgehead atoms. The van der Waals surface area contributed by atoms with Crippen LogP contribution in [0.4, 0.5) is 0 Å². The van der Waals surface area contributed by atoms with E-state index < -0.39 is 0 Å². The molecule has 0 amide bonds. The zero-order chi connectivity index (χ0) is 11.6. The standard InChI is InChI=1S/C12H26N2O/c1-10(2)13-6-7-14(12(3,4)5)11(8-13)9-15/h10-11,15H,6-9H2,1-5H3/t11-/m1/s1. The Balaban J connectivity index is 2.65. The minimum atomic E-state index is 0.163. The number of hydrogen-bond donors (Lipinski definition) is 1. The van der Waals surface area contributed by atoms with Gasteiger partial charge in [0.25, 0.3) is 0 Å². The highest BCUT2D eigenvalue weighted by Crippen LogP contribution is 2.21. The first-order valence-corrected chi connectivity index (χ1v) is 5.98. The van der Waals surface area contributed by atoms with E-state index in [1.165, 1.54) is 0 Å². The van der Waals surface area contributed by atoms with Gasteiger partial charge in [0.15, 0.2) is 0 Å². The molecule has 1 rings (SSSR count). The van der Waals surface area contributed by atoms with Crippen molar-refractivity contribution >= 4 is 0 Å². The minimum Gasteiger partial charge on any atom is -0.395 e.